The second kappa shape index (κ2) is 7.13. The van der Waals surface area contributed by atoms with Gasteiger partial charge in [-0.15, -0.1) is 0 Å². The molecule has 1 aliphatic rings. The van der Waals surface area contributed by atoms with E-state index in [1.165, 1.54) is 0 Å². The van der Waals surface area contributed by atoms with Crippen molar-refractivity contribution in [3.63, 3.8) is 0 Å². The smallest absolute Gasteiger partial charge is 0.383 e. The monoisotopic (exact) mass is 347 g/mol. The maximum atomic E-state index is 12.5. The summed E-state index contributed by atoms with van der Waals surface area (Å²) in [6.45, 7) is 4.38. The molecule has 0 radical (unpaired) electrons. The van der Waals surface area contributed by atoms with E-state index in [-0.39, 0.29) is 31.8 Å². The highest BCUT2D eigenvalue weighted by Gasteiger charge is 2.44. The van der Waals surface area contributed by atoms with Gasteiger partial charge in [-0.2, -0.15) is 18.3 Å². The lowest BCUT2D eigenvalue weighted by molar-refractivity contribution is -0.222. The van der Waals surface area contributed by atoms with Gasteiger partial charge in [-0.3, -0.25) is 9.48 Å². The van der Waals surface area contributed by atoms with Gasteiger partial charge in [0, 0.05) is 32.3 Å². The van der Waals surface area contributed by atoms with Gasteiger partial charge in [0.25, 0.3) is 0 Å². The van der Waals surface area contributed by atoms with Crippen molar-refractivity contribution in [3.8, 4) is 0 Å². The number of alkyl halides is 3. The predicted octanol–water partition coefficient (Wildman–Crippen LogP) is 2.13. The van der Waals surface area contributed by atoms with Gasteiger partial charge in [0.1, 0.15) is 0 Å². The molecule has 1 aliphatic heterocycles. The molecule has 0 aromatic carbocycles. The highest BCUT2D eigenvalue weighted by molar-refractivity contribution is 5.76. The maximum Gasteiger partial charge on any atom is 0.414 e. The second-order valence-electron chi connectivity index (χ2n) is 6.48. The summed E-state index contributed by atoms with van der Waals surface area (Å²) >= 11 is 0. The van der Waals surface area contributed by atoms with Gasteiger partial charge in [0.2, 0.25) is 5.91 Å². The Bertz CT molecular complexity index is 590. The van der Waals surface area contributed by atoms with Crippen LogP contribution in [0.5, 0.6) is 0 Å². The Labute approximate surface area is 139 Å². The molecule has 0 aliphatic carbocycles. The summed E-state index contributed by atoms with van der Waals surface area (Å²) in [5.41, 5.74) is 2.97. The summed E-state index contributed by atoms with van der Waals surface area (Å²) in [5, 5.41) is 13.6. The van der Waals surface area contributed by atoms with Crippen molar-refractivity contribution in [1.82, 2.24) is 14.7 Å². The first-order valence-corrected chi connectivity index (χ1v) is 8.13. The van der Waals surface area contributed by atoms with Crippen molar-refractivity contribution in [3.05, 3.63) is 17.0 Å². The molecule has 1 aromatic rings. The first-order chi connectivity index (χ1) is 11.1. The zero-order valence-electron chi connectivity index (χ0n) is 14.2. The number of likely N-dealkylation sites (tertiary alicyclic amines) is 1. The summed E-state index contributed by atoms with van der Waals surface area (Å²) in [5.74, 6) is -0.880. The van der Waals surface area contributed by atoms with E-state index in [1.54, 1.807) is 9.58 Å². The van der Waals surface area contributed by atoms with E-state index in [0.717, 1.165) is 17.0 Å². The number of aryl methyl sites for hydroxylation is 2. The van der Waals surface area contributed by atoms with Crippen molar-refractivity contribution in [2.75, 3.05) is 13.1 Å². The molecule has 136 valence electrons. The third-order valence-electron chi connectivity index (χ3n) is 4.92. The fourth-order valence-corrected chi connectivity index (χ4v) is 3.30. The van der Waals surface area contributed by atoms with Crippen molar-refractivity contribution in [2.45, 2.75) is 51.8 Å². The van der Waals surface area contributed by atoms with Gasteiger partial charge in [0.05, 0.1) is 5.69 Å². The summed E-state index contributed by atoms with van der Waals surface area (Å²) in [7, 11) is 1.85. The van der Waals surface area contributed by atoms with Crippen LogP contribution in [0, 0.1) is 19.8 Å². The fourth-order valence-electron chi connectivity index (χ4n) is 3.30. The summed E-state index contributed by atoms with van der Waals surface area (Å²) in [6, 6.07) is 0. The number of aromatic nitrogens is 2. The fraction of sp³-hybridized carbons (Fsp3) is 0.750. The van der Waals surface area contributed by atoms with E-state index in [9.17, 15) is 23.1 Å². The third-order valence-corrected chi connectivity index (χ3v) is 4.92. The first-order valence-electron chi connectivity index (χ1n) is 8.13. The number of rotatable bonds is 4. The van der Waals surface area contributed by atoms with Crippen LogP contribution in [0.1, 0.15) is 36.2 Å². The number of nitrogens with zero attached hydrogens (tertiary/aromatic N) is 3. The summed E-state index contributed by atoms with van der Waals surface area (Å²) in [4.78, 5) is 13.9. The number of piperidine rings is 1. The number of carbonyl (C=O) groups excluding carboxylic acids is 1. The largest absolute Gasteiger partial charge is 0.414 e. The summed E-state index contributed by atoms with van der Waals surface area (Å²) in [6.07, 6.45) is -5.63. The van der Waals surface area contributed by atoms with Gasteiger partial charge >= 0.3 is 6.18 Å². The molecule has 1 saturated heterocycles. The molecule has 2 rings (SSSR count). The number of aliphatic hydroxyl groups is 1. The lowest BCUT2D eigenvalue weighted by atomic mass is 9.90. The van der Waals surface area contributed by atoms with Gasteiger partial charge in [-0.05, 0) is 44.6 Å². The number of carbonyl (C=O) groups is 1. The number of amides is 1. The SMILES string of the molecule is Cc1nn(C)c(C)c1CCC(=O)N1CCC(C(O)C(F)(F)F)CC1. The second-order valence-corrected chi connectivity index (χ2v) is 6.48. The molecule has 0 saturated carbocycles. The molecule has 8 heteroatoms. The number of halogens is 3. The number of aliphatic hydroxyl groups excluding tert-OH is 1. The standard InChI is InChI=1S/C16H24F3N3O2/c1-10-13(11(2)21(3)20-10)4-5-14(23)22-8-6-12(7-9-22)15(24)16(17,18)19/h12,15,24H,4-9H2,1-3H3. The van der Waals surface area contributed by atoms with E-state index in [2.05, 4.69) is 5.10 Å². The third kappa shape index (κ3) is 4.09. The Morgan fingerprint density at radius 3 is 2.38 bits per heavy atom. The normalized spacial score (nSPS) is 18.0. The minimum absolute atomic E-state index is 0.0578. The molecule has 1 atom stereocenters. The van der Waals surface area contributed by atoms with Crippen LogP contribution < -0.4 is 0 Å². The Morgan fingerprint density at radius 1 is 1.33 bits per heavy atom. The van der Waals surface area contributed by atoms with Crippen LogP contribution in [0.2, 0.25) is 0 Å². The molecule has 0 bridgehead atoms. The van der Waals surface area contributed by atoms with Gasteiger partial charge < -0.3 is 10.0 Å². The number of hydrogen-bond donors (Lipinski definition) is 1. The van der Waals surface area contributed by atoms with Crippen LogP contribution in [-0.2, 0) is 18.3 Å². The Hall–Kier alpha value is -1.57. The molecule has 0 spiro atoms. The molecule has 2 heterocycles. The van der Waals surface area contributed by atoms with Crippen LogP contribution >= 0.6 is 0 Å². The zero-order chi connectivity index (χ0) is 18.1. The van der Waals surface area contributed by atoms with Crippen LogP contribution in [0.3, 0.4) is 0 Å². The lowest BCUT2D eigenvalue weighted by Gasteiger charge is -2.34. The average Bonchev–Trinajstić information content (AvgIpc) is 2.76. The first kappa shape index (κ1) is 18.8. The molecule has 24 heavy (non-hydrogen) atoms. The Balaban J connectivity index is 1.85. The quantitative estimate of drug-likeness (QED) is 0.908. The minimum Gasteiger partial charge on any atom is -0.383 e. The van der Waals surface area contributed by atoms with Crippen molar-refractivity contribution in [1.29, 1.82) is 0 Å². The van der Waals surface area contributed by atoms with E-state index in [4.69, 9.17) is 0 Å². The van der Waals surface area contributed by atoms with E-state index < -0.39 is 18.2 Å². The van der Waals surface area contributed by atoms with Crippen LogP contribution in [0.25, 0.3) is 0 Å². The van der Waals surface area contributed by atoms with Gasteiger partial charge in [-0.1, -0.05) is 0 Å². The molecule has 1 unspecified atom stereocenters. The van der Waals surface area contributed by atoms with Crippen molar-refractivity contribution >= 4 is 5.91 Å². The lowest BCUT2D eigenvalue weighted by Crippen LogP contribution is -2.45. The van der Waals surface area contributed by atoms with E-state index in [0.29, 0.717) is 12.8 Å². The van der Waals surface area contributed by atoms with Crippen LogP contribution in [0.4, 0.5) is 13.2 Å². The van der Waals surface area contributed by atoms with Gasteiger partial charge in [-0.25, -0.2) is 0 Å². The molecule has 5 nitrogen and oxygen atoms in total. The van der Waals surface area contributed by atoms with E-state index in [1.807, 2.05) is 20.9 Å². The minimum atomic E-state index is -4.59. The molecular formula is C16H24F3N3O2. The molecule has 1 amide bonds. The van der Waals surface area contributed by atoms with Crippen molar-refractivity contribution in [2.24, 2.45) is 13.0 Å². The molecule has 1 N–H and O–H groups in total. The summed E-state index contributed by atoms with van der Waals surface area (Å²) < 4.78 is 39.4. The predicted molar refractivity (Wildman–Crippen MR) is 82.4 cm³/mol. The highest BCUT2D eigenvalue weighted by Crippen LogP contribution is 2.31. The highest BCUT2D eigenvalue weighted by atomic mass is 19.4. The molecule has 1 aromatic heterocycles. The van der Waals surface area contributed by atoms with E-state index >= 15 is 0 Å². The average molecular weight is 347 g/mol. The topological polar surface area (TPSA) is 58.4 Å². The van der Waals surface area contributed by atoms with Gasteiger partial charge in [0.15, 0.2) is 6.10 Å². The zero-order valence-corrected chi connectivity index (χ0v) is 14.2. The molecule has 1 fully saturated rings. The van der Waals surface area contributed by atoms with Crippen LogP contribution in [0.15, 0.2) is 0 Å². The maximum absolute atomic E-state index is 12.5. The van der Waals surface area contributed by atoms with Crippen LogP contribution in [-0.4, -0.2) is 51.1 Å². The Kier molecular flexibility index (Phi) is 5.57. The molecular weight excluding hydrogens is 323 g/mol. The van der Waals surface area contributed by atoms with Crippen molar-refractivity contribution < 1.29 is 23.1 Å². The number of hydrogen-bond acceptors (Lipinski definition) is 3. The Morgan fingerprint density at radius 2 is 1.92 bits per heavy atom.